The molecule has 36 heavy (non-hydrogen) atoms. The van der Waals surface area contributed by atoms with Crippen LogP contribution in [0.1, 0.15) is 53.5 Å². The van der Waals surface area contributed by atoms with Crippen molar-refractivity contribution in [3.05, 3.63) is 81.7 Å². The first kappa shape index (κ1) is 26.3. The largest absolute Gasteiger partial charge is 0.423 e. The molecule has 1 aromatic heterocycles. The van der Waals surface area contributed by atoms with E-state index in [1.807, 2.05) is 13.8 Å². The van der Waals surface area contributed by atoms with Crippen LogP contribution in [-0.4, -0.2) is 35.7 Å². The van der Waals surface area contributed by atoms with Gasteiger partial charge in [0.05, 0.1) is 0 Å². The van der Waals surface area contributed by atoms with E-state index < -0.39 is 41.3 Å². The van der Waals surface area contributed by atoms with Gasteiger partial charge < -0.3 is 15.1 Å². The minimum atomic E-state index is -1.05. The lowest BCUT2D eigenvalue weighted by Crippen LogP contribution is -2.55. The van der Waals surface area contributed by atoms with Crippen LogP contribution in [-0.2, 0) is 9.59 Å². The second-order valence-electron chi connectivity index (χ2n) is 8.71. The van der Waals surface area contributed by atoms with Crippen LogP contribution in [0.3, 0.4) is 0 Å². The van der Waals surface area contributed by atoms with Crippen LogP contribution in [0.25, 0.3) is 11.0 Å². The Labute approximate surface area is 208 Å². The average Bonchev–Trinajstić information content (AvgIpc) is 2.86. The van der Waals surface area contributed by atoms with Gasteiger partial charge in [-0.15, -0.1) is 0 Å². The van der Waals surface area contributed by atoms with Crippen molar-refractivity contribution in [2.75, 3.05) is 0 Å². The van der Waals surface area contributed by atoms with Gasteiger partial charge in [-0.25, -0.2) is 4.79 Å². The highest BCUT2D eigenvalue weighted by Gasteiger charge is 2.29. The van der Waals surface area contributed by atoms with Crippen molar-refractivity contribution in [3.63, 3.8) is 0 Å². The maximum atomic E-state index is 13.0. The first-order valence-corrected chi connectivity index (χ1v) is 11.7. The van der Waals surface area contributed by atoms with Crippen molar-refractivity contribution < 1.29 is 23.6 Å². The predicted octanol–water partition coefficient (Wildman–Crippen LogP) is 2.71. The third-order valence-corrected chi connectivity index (χ3v) is 6.02. The smallest absolute Gasteiger partial charge is 0.336 e. The van der Waals surface area contributed by atoms with E-state index >= 15 is 0 Å². The summed E-state index contributed by atoms with van der Waals surface area (Å²) >= 11 is 0. The number of carbonyl (C=O) groups excluding carboxylic acids is 4. The number of hydrogen-bond donors (Lipinski definition) is 3. The first-order chi connectivity index (χ1) is 17.1. The van der Waals surface area contributed by atoms with Crippen LogP contribution in [0, 0.1) is 12.8 Å². The summed E-state index contributed by atoms with van der Waals surface area (Å²) in [5.74, 6) is -2.57. The number of nitrogens with one attached hydrogen (secondary N) is 3. The highest BCUT2D eigenvalue weighted by atomic mass is 16.4. The van der Waals surface area contributed by atoms with Gasteiger partial charge in [0.2, 0.25) is 11.8 Å². The van der Waals surface area contributed by atoms with E-state index in [0.29, 0.717) is 22.9 Å². The minimum Gasteiger partial charge on any atom is -0.423 e. The van der Waals surface area contributed by atoms with Gasteiger partial charge in [-0.05, 0) is 49.6 Å². The van der Waals surface area contributed by atoms with Crippen LogP contribution < -0.4 is 21.6 Å². The van der Waals surface area contributed by atoms with Crippen LogP contribution >= 0.6 is 0 Å². The molecule has 0 saturated carbocycles. The van der Waals surface area contributed by atoms with Crippen molar-refractivity contribution in [1.29, 1.82) is 0 Å². The fourth-order valence-corrected chi connectivity index (χ4v) is 3.64. The second kappa shape index (κ2) is 11.4. The van der Waals surface area contributed by atoms with Crippen LogP contribution in [0.4, 0.5) is 0 Å². The number of aryl methyl sites for hydroxylation is 1. The summed E-state index contributed by atoms with van der Waals surface area (Å²) in [7, 11) is 0. The zero-order valence-corrected chi connectivity index (χ0v) is 20.6. The number of fused-ring (bicyclic) bond motifs is 1. The first-order valence-electron chi connectivity index (χ1n) is 11.7. The highest BCUT2D eigenvalue weighted by Crippen LogP contribution is 2.18. The van der Waals surface area contributed by atoms with E-state index in [-0.39, 0.29) is 17.1 Å². The molecule has 9 heteroatoms. The molecule has 0 spiro atoms. The molecule has 3 N–H and O–H groups in total. The molecule has 0 radical (unpaired) electrons. The van der Waals surface area contributed by atoms with Gasteiger partial charge in [0.15, 0.2) is 0 Å². The van der Waals surface area contributed by atoms with E-state index in [2.05, 4.69) is 16.0 Å². The van der Waals surface area contributed by atoms with Crippen molar-refractivity contribution in [1.82, 2.24) is 16.0 Å². The summed E-state index contributed by atoms with van der Waals surface area (Å²) in [6.07, 6.45) is 0.615. The van der Waals surface area contributed by atoms with Crippen LogP contribution in [0.5, 0.6) is 0 Å². The average molecular weight is 492 g/mol. The van der Waals surface area contributed by atoms with E-state index in [1.165, 1.54) is 25.1 Å². The molecular formula is C27H29N3O6. The molecule has 3 aromatic rings. The SMILES string of the molecule is CC[C@H](C)[C@H](NC(=O)c1ccccc1)C(=O)N[C@@H](C)C(=O)NC(=O)c1ccc2c(C)cc(=O)oc2c1. The lowest BCUT2D eigenvalue weighted by atomic mass is 9.97. The Bertz CT molecular complexity index is 1350. The number of hydrogen-bond acceptors (Lipinski definition) is 6. The molecule has 1 heterocycles. The summed E-state index contributed by atoms with van der Waals surface area (Å²) in [5, 5.41) is 8.23. The monoisotopic (exact) mass is 491 g/mol. The number of rotatable bonds is 8. The molecule has 0 saturated heterocycles. The van der Waals surface area contributed by atoms with Crippen molar-refractivity contribution >= 4 is 34.6 Å². The summed E-state index contributed by atoms with van der Waals surface area (Å²) in [4.78, 5) is 62.5. The number of imide groups is 1. The fourth-order valence-electron chi connectivity index (χ4n) is 3.64. The summed E-state index contributed by atoms with van der Waals surface area (Å²) in [6, 6.07) is 12.5. The zero-order valence-electron chi connectivity index (χ0n) is 20.6. The summed E-state index contributed by atoms with van der Waals surface area (Å²) in [6.45, 7) is 6.91. The normalized spacial score (nSPS) is 13.3. The summed E-state index contributed by atoms with van der Waals surface area (Å²) < 4.78 is 5.15. The Morgan fingerprint density at radius 3 is 2.22 bits per heavy atom. The van der Waals surface area contributed by atoms with Gasteiger partial charge in [0.1, 0.15) is 17.7 Å². The molecule has 0 aliphatic carbocycles. The maximum absolute atomic E-state index is 13.0. The third kappa shape index (κ3) is 6.24. The molecule has 0 unspecified atom stereocenters. The van der Waals surface area contributed by atoms with Crippen LogP contribution in [0.15, 0.2) is 63.8 Å². The molecule has 9 nitrogen and oxygen atoms in total. The van der Waals surface area contributed by atoms with Crippen molar-refractivity contribution in [2.24, 2.45) is 5.92 Å². The lowest BCUT2D eigenvalue weighted by molar-refractivity contribution is -0.129. The molecule has 0 aliphatic heterocycles. The molecule has 2 aromatic carbocycles. The zero-order chi connectivity index (χ0) is 26.4. The number of carbonyl (C=O) groups is 4. The molecule has 0 bridgehead atoms. The standard InChI is InChI=1S/C27H29N3O6/c1-5-15(2)23(29-25(33)18-9-7-6-8-10-18)27(35)28-17(4)24(32)30-26(34)19-11-12-20-16(3)13-22(31)36-21(20)14-19/h6-15,17,23H,5H2,1-4H3,(H,28,35)(H,29,33)(H,30,32,34)/t15-,17-,23-/m0/s1. The van der Waals surface area contributed by atoms with E-state index in [1.54, 1.807) is 43.3 Å². The minimum absolute atomic E-state index is 0.121. The Kier molecular flexibility index (Phi) is 8.37. The quantitative estimate of drug-likeness (QED) is 0.415. The number of amides is 4. The molecule has 3 rings (SSSR count). The molecule has 0 aliphatic rings. The Morgan fingerprint density at radius 1 is 0.861 bits per heavy atom. The Balaban J connectivity index is 1.66. The Hall–Kier alpha value is -4.27. The molecule has 0 fully saturated rings. The molecule has 188 valence electrons. The van der Waals surface area contributed by atoms with Crippen LogP contribution in [0.2, 0.25) is 0 Å². The fraction of sp³-hybridized carbons (Fsp3) is 0.296. The molecule has 3 atom stereocenters. The predicted molar refractivity (Wildman–Crippen MR) is 134 cm³/mol. The van der Waals surface area contributed by atoms with Gasteiger partial charge >= 0.3 is 5.63 Å². The third-order valence-electron chi connectivity index (χ3n) is 6.02. The van der Waals surface area contributed by atoms with E-state index in [4.69, 9.17) is 4.42 Å². The topological polar surface area (TPSA) is 135 Å². The van der Waals surface area contributed by atoms with Gasteiger partial charge in [-0.2, -0.15) is 0 Å². The van der Waals surface area contributed by atoms with Crippen molar-refractivity contribution in [3.8, 4) is 0 Å². The second-order valence-corrected chi connectivity index (χ2v) is 8.71. The van der Waals surface area contributed by atoms with E-state index in [9.17, 15) is 24.0 Å². The van der Waals surface area contributed by atoms with Crippen molar-refractivity contribution in [2.45, 2.75) is 46.2 Å². The Morgan fingerprint density at radius 2 is 1.56 bits per heavy atom. The number of benzene rings is 2. The summed E-state index contributed by atoms with van der Waals surface area (Å²) in [5.41, 5.74) is 0.926. The lowest BCUT2D eigenvalue weighted by Gasteiger charge is -2.25. The van der Waals surface area contributed by atoms with Gasteiger partial charge in [0.25, 0.3) is 11.8 Å². The molecular weight excluding hydrogens is 462 g/mol. The highest BCUT2D eigenvalue weighted by molar-refractivity contribution is 6.08. The van der Waals surface area contributed by atoms with Gasteiger partial charge in [-0.3, -0.25) is 24.5 Å². The van der Waals surface area contributed by atoms with Gasteiger partial charge in [0, 0.05) is 22.6 Å². The van der Waals surface area contributed by atoms with E-state index in [0.717, 1.165) is 0 Å². The maximum Gasteiger partial charge on any atom is 0.336 e. The van der Waals surface area contributed by atoms with Gasteiger partial charge in [-0.1, -0.05) is 44.5 Å². The molecule has 4 amide bonds.